The SMILES string of the molecule is C=CCCC(=O)N1CCC(C)CC1C(=O)O. The maximum Gasteiger partial charge on any atom is 0.326 e. The minimum Gasteiger partial charge on any atom is -0.480 e. The third kappa shape index (κ3) is 3.08. The Morgan fingerprint density at radius 2 is 2.25 bits per heavy atom. The van der Waals surface area contributed by atoms with Crippen LogP contribution in [0.4, 0.5) is 0 Å². The molecule has 1 aliphatic heterocycles. The van der Waals surface area contributed by atoms with Gasteiger partial charge in [-0.15, -0.1) is 6.58 Å². The molecule has 1 aliphatic rings. The lowest BCUT2D eigenvalue weighted by Crippen LogP contribution is -2.49. The number of carbonyl (C=O) groups excluding carboxylic acids is 1. The molecule has 0 aromatic heterocycles. The van der Waals surface area contributed by atoms with Gasteiger partial charge in [-0.2, -0.15) is 0 Å². The van der Waals surface area contributed by atoms with Gasteiger partial charge in [0.05, 0.1) is 0 Å². The highest BCUT2D eigenvalue weighted by Gasteiger charge is 2.34. The van der Waals surface area contributed by atoms with Crippen LogP contribution in [0.15, 0.2) is 12.7 Å². The van der Waals surface area contributed by atoms with Gasteiger partial charge in [0.15, 0.2) is 0 Å². The molecule has 16 heavy (non-hydrogen) atoms. The molecule has 0 bridgehead atoms. The van der Waals surface area contributed by atoms with Gasteiger partial charge in [0, 0.05) is 13.0 Å². The highest BCUT2D eigenvalue weighted by Crippen LogP contribution is 2.23. The van der Waals surface area contributed by atoms with Gasteiger partial charge in [-0.05, 0) is 25.2 Å². The van der Waals surface area contributed by atoms with E-state index in [1.165, 1.54) is 4.90 Å². The summed E-state index contributed by atoms with van der Waals surface area (Å²) < 4.78 is 0. The number of nitrogens with zero attached hydrogens (tertiary/aromatic N) is 1. The third-order valence-electron chi connectivity index (χ3n) is 3.03. The first-order valence-electron chi connectivity index (χ1n) is 5.69. The van der Waals surface area contributed by atoms with Gasteiger partial charge in [0.2, 0.25) is 5.91 Å². The van der Waals surface area contributed by atoms with Crippen molar-refractivity contribution in [3.05, 3.63) is 12.7 Å². The molecule has 1 saturated heterocycles. The van der Waals surface area contributed by atoms with Crippen LogP contribution in [-0.2, 0) is 9.59 Å². The van der Waals surface area contributed by atoms with Crippen LogP contribution in [0.5, 0.6) is 0 Å². The van der Waals surface area contributed by atoms with Crippen LogP contribution in [0.1, 0.15) is 32.6 Å². The molecule has 0 spiro atoms. The number of likely N-dealkylation sites (tertiary alicyclic amines) is 1. The number of amides is 1. The Morgan fingerprint density at radius 1 is 1.56 bits per heavy atom. The van der Waals surface area contributed by atoms with Gasteiger partial charge in [-0.1, -0.05) is 13.0 Å². The standard InChI is InChI=1S/C12H19NO3/c1-3-4-5-11(14)13-7-6-9(2)8-10(13)12(15)16/h3,9-10H,1,4-8H2,2H3,(H,15,16). The maximum atomic E-state index is 11.8. The highest BCUT2D eigenvalue weighted by molar-refractivity contribution is 5.84. The van der Waals surface area contributed by atoms with E-state index in [0.717, 1.165) is 6.42 Å². The van der Waals surface area contributed by atoms with E-state index in [9.17, 15) is 9.59 Å². The Bertz CT molecular complexity index is 288. The molecule has 4 heteroatoms. The Labute approximate surface area is 95.9 Å². The lowest BCUT2D eigenvalue weighted by molar-refractivity contribution is -0.153. The molecular weight excluding hydrogens is 206 g/mol. The molecule has 1 N–H and O–H groups in total. The molecule has 1 fully saturated rings. The first kappa shape index (κ1) is 12.7. The summed E-state index contributed by atoms with van der Waals surface area (Å²) in [7, 11) is 0. The van der Waals surface area contributed by atoms with Gasteiger partial charge < -0.3 is 10.0 Å². The first-order chi connectivity index (χ1) is 7.56. The van der Waals surface area contributed by atoms with Crippen LogP contribution in [-0.4, -0.2) is 34.5 Å². The summed E-state index contributed by atoms with van der Waals surface area (Å²) >= 11 is 0. The molecule has 0 aromatic carbocycles. The Hall–Kier alpha value is -1.32. The summed E-state index contributed by atoms with van der Waals surface area (Å²) in [5, 5.41) is 9.09. The zero-order valence-corrected chi connectivity index (χ0v) is 9.69. The number of carboxylic acids is 1. The number of aliphatic carboxylic acids is 1. The number of hydrogen-bond acceptors (Lipinski definition) is 2. The van der Waals surface area contributed by atoms with Crippen molar-refractivity contribution in [2.45, 2.75) is 38.6 Å². The predicted octanol–water partition coefficient (Wildman–Crippen LogP) is 1.66. The molecule has 0 saturated carbocycles. The number of hydrogen-bond donors (Lipinski definition) is 1. The van der Waals surface area contributed by atoms with E-state index in [-0.39, 0.29) is 5.91 Å². The molecule has 4 nitrogen and oxygen atoms in total. The maximum absolute atomic E-state index is 11.8. The zero-order valence-electron chi connectivity index (χ0n) is 9.69. The Balaban J connectivity index is 2.64. The van der Waals surface area contributed by atoms with Crippen molar-refractivity contribution in [2.75, 3.05) is 6.54 Å². The second-order valence-corrected chi connectivity index (χ2v) is 4.40. The van der Waals surface area contributed by atoms with Crippen molar-refractivity contribution in [2.24, 2.45) is 5.92 Å². The van der Waals surface area contributed by atoms with E-state index < -0.39 is 12.0 Å². The average molecular weight is 225 g/mol. The number of carbonyl (C=O) groups is 2. The normalized spacial score (nSPS) is 25.2. The number of rotatable bonds is 4. The molecule has 2 unspecified atom stereocenters. The fourth-order valence-electron chi connectivity index (χ4n) is 2.04. The molecule has 0 aliphatic carbocycles. The number of allylic oxidation sites excluding steroid dienone is 1. The summed E-state index contributed by atoms with van der Waals surface area (Å²) in [5.41, 5.74) is 0. The van der Waals surface area contributed by atoms with Crippen molar-refractivity contribution in [1.29, 1.82) is 0 Å². The van der Waals surface area contributed by atoms with Gasteiger partial charge in [0.25, 0.3) is 0 Å². The van der Waals surface area contributed by atoms with Gasteiger partial charge in [-0.25, -0.2) is 4.79 Å². The van der Waals surface area contributed by atoms with Crippen LogP contribution >= 0.6 is 0 Å². The largest absolute Gasteiger partial charge is 0.480 e. The van der Waals surface area contributed by atoms with Crippen LogP contribution in [0, 0.1) is 5.92 Å². The summed E-state index contributed by atoms with van der Waals surface area (Å²) in [6, 6.07) is -0.638. The molecule has 1 amide bonds. The summed E-state index contributed by atoms with van der Waals surface area (Å²) in [6.45, 7) is 6.15. The third-order valence-corrected chi connectivity index (χ3v) is 3.03. The smallest absolute Gasteiger partial charge is 0.326 e. The van der Waals surface area contributed by atoms with E-state index in [0.29, 0.717) is 31.7 Å². The molecular formula is C12H19NO3. The van der Waals surface area contributed by atoms with E-state index >= 15 is 0 Å². The minimum atomic E-state index is -0.890. The van der Waals surface area contributed by atoms with E-state index in [4.69, 9.17) is 5.11 Å². The van der Waals surface area contributed by atoms with E-state index in [1.54, 1.807) is 6.08 Å². The second kappa shape index (κ2) is 5.68. The number of piperidine rings is 1. The quantitative estimate of drug-likeness (QED) is 0.740. The highest BCUT2D eigenvalue weighted by atomic mass is 16.4. The monoisotopic (exact) mass is 225 g/mol. The lowest BCUT2D eigenvalue weighted by Gasteiger charge is -2.36. The fourth-order valence-corrected chi connectivity index (χ4v) is 2.04. The van der Waals surface area contributed by atoms with Crippen LogP contribution < -0.4 is 0 Å². The minimum absolute atomic E-state index is 0.0702. The average Bonchev–Trinajstić information content (AvgIpc) is 2.25. The first-order valence-corrected chi connectivity index (χ1v) is 5.69. The lowest BCUT2D eigenvalue weighted by atomic mass is 9.92. The molecule has 0 aromatic rings. The van der Waals surface area contributed by atoms with Crippen molar-refractivity contribution >= 4 is 11.9 Å². The molecule has 1 heterocycles. The van der Waals surface area contributed by atoms with Crippen LogP contribution in [0.3, 0.4) is 0 Å². The van der Waals surface area contributed by atoms with Gasteiger partial charge >= 0.3 is 5.97 Å². The second-order valence-electron chi connectivity index (χ2n) is 4.40. The Morgan fingerprint density at radius 3 is 2.81 bits per heavy atom. The topological polar surface area (TPSA) is 57.6 Å². The van der Waals surface area contributed by atoms with Crippen LogP contribution in [0.2, 0.25) is 0 Å². The summed E-state index contributed by atoms with van der Waals surface area (Å²) in [4.78, 5) is 24.4. The van der Waals surface area contributed by atoms with Crippen molar-refractivity contribution in [3.8, 4) is 0 Å². The molecule has 0 radical (unpaired) electrons. The van der Waals surface area contributed by atoms with Crippen LogP contribution in [0.25, 0.3) is 0 Å². The fraction of sp³-hybridized carbons (Fsp3) is 0.667. The van der Waals surface area contributed by atoms with Crippen molar-refractivity contribution in [3.63, 3.8) is 0 Å². The van der Waals surface area contributed by atoms with E-state index in [1.807, 2.05) is 6.92 Å². The van der Waals surface area contributed by atoms with E-state index in [2.05, 4.69) is 6.58 Å². The van der Waals surface area contributed by atoms with Gasteiger partial charge in [-0.3, -0.25) is 4.79 Å². The van der Waals surface area contributed by atoms with Crippen molar-refractivity contribution < 1.29 is 14.7 Å². The van der Waals surface area contributed by atoms with Gasteiger partial charge in [0.1, 0.15) is 6.04 Å². The summed E-state index contributed by atoms with van der Waals surface area (Å²) in [5.74, 6) is -0.581. The van der Waals surface area contributed by atoms with Crippen molar-refractivity contribution in [1.82, 2.24) is 4.90 Å². The zero-order chi connectivity index (χ0) is 12.1. The predicted molar refractivity (Wildman–Crippen MR) is 61.0 cm³/mol. The molecule has 90 valence electrons. The summed E-state index contributed by atoms with van der Waals surface area (Å²) in [6.07, 6.45) is 4.11. The number of carboxylic acid groups (broad SMARTS) is 1. The molecule has 2 atom stereocenters. The Kier molecular flexibility index (Phi) is 4.52. The molecule has 1 rings (SSSR count).